The molecule has 3 rings (SSSR count). The Balaban J connectivity index is 1.83. The van der Waals surface area contributed by atoms with Crippen LogP contribution in [-0.2, 0) is 0 Å². The zero-order valence-electron chi connectivity index (χ0n) is 16.2. The number of amides is 1. The number of ether oxygens (including phenoxy) is 3. The summed E-state index contributed by atoms with van der Waals surface area (Å²) in [6.45, 7) is 4.55. The molecule has 0 aliphatic rings. The van der Waals surface area contributed by atoms with Gasteiger partial charge >= 0.3 is 0 Å². The van der Waals surface area contributed by atoms with Gasteiger partial charge in [-0.2, -0.15) is 0 Å². The predicted molar refractivity (Wildman–Crippen MR) is 111 cm³/mol. The van der Waals surface area contributed by atoms with Crippen molar-refractivity contribution in [3.05, 3.63) is 52.9 Å². The van der Waals surface area contributed by atoms with Crippen molar-refractivity contribution in [3.8, 4) is 28.5 Å². The average Bonchev–Trinajstić information content (AvgIpc) is 3.08. The molecule has 0 atom stereocenters. The third-order valence-electron chi connectivity index (χ3n) is 4.10. The van der Waals surface area contributed by atoms with Gasteiger partial charge < -0.3 is 14.2 Å². The Morgan fingerprint density at radius 1 is 1.11 bits per heavy atom. The van der Waals surface area contributed by atoms with Crippen LogP contribution < -0.4 is 19.5 Å². The Morgan fingerprint density at radius 2 is 1.86 bits per heavy atom. The molecule has 0 unspecified atom stereocenters. The van der Waals surface area contributed by atoms with E-state index in [0.717, 1.165) is 21.9 Å². The van der Waals surface area contributed by atoms with E-state index in [-0.39, 0.29) is 5.91 Å². The summed E-state index contributed by atoms with van der Waals surface area (Å²) in [5.41, 5.74) is 2.19. The van der Waals surface area contributed by atoms with Crippen LogP contribution in [0.5, 0.6) is 17.2 Å². The first-order chi connectivity index (χ1) is 13.6. The molecular weight excluding hydrogens is 376 g/mol. The number of carbonyl (C=O) groups is 1. The number of methoxy groups -OCH3 is 2. The van der Waals surface area contributed by atoms with Crippen LogP contribution in [0, 0.1) is 6.92 Å². The molecule has 0 spiro atoms. The lowest BCUT2D eigenvalue weighted by Gasteiger charge is -2.11. The van der Waals surface area contributed by atoms with E-state index in [1.165, 1.54) is 25.6 Å². The fourth-order valence-electron chi connectivity index (χ4n) is 2.82. The molecule has 0 bridgehead atoms. The van der Waals surface area contributed by atoms with Gasteiger partial charge in [-0.05, 0) is 50.2 Å². The summed E-state index contributed by atoms with van der Waals surface area (Å²) in [6, 6.07) is 12.9. The minimum absolute atomic E-state index is 0.303. The van der Waals surface area contributed by atoms with Crippen LogP contribution in [0.4, 0.5) is 5.13 Å². The van der Waals surface area contributed by atoms with Crippen molar-refractivity contribution in [1.29, 1.82) is 0 Å². The SMILES string of the molecule is CCOc1ccc(-c2nc(NC(=O)c3cccc(OC)c3OC)sc2C)cc1. The van der Waals surface area contributed by atoms with Gasteiger partial charge in [0.1, 0.15) is 5.75 Å². The molecule has 28 heavy (non-hydrogen) atoms. The van der Waals surface area contributed by atoms with Gasteiger partial charge in [-0.3, -0.25) is 10.1 Å². The van der Waals surface area contributed by atoms with Crippen LogP contribution in [0.2, 0.25) is 0 Å². The number of carbonyl (C=O) groups excluding carboxylic acids is 1. The molecule has 3 aromatic rings. The quantitative estimate of drug-likeness (QED) is 0.620. The van der Waals surface area contributed by atoms with E-state index < -0.39 is 0 Å². The minimum Gasteiger partial charge on any atom is -0.494 e. The molecule has 0 radical (unpaired) electrons. The summed E-state index contributed by atoms with van der Waals surface area (Å²) in [5, 5.41) is 3.38. The molecule has 146 valence electrons. The van der Waals surface area contributed by atoms with E-state index in [1.54, 1.807) is 18.2 Å². The predicted octanol–water partition coefficient (Wildman–Crippen LogP) is 4.79. The normalized spacial score (nSPS) is 10.4. The molecule has 1 amide bonds. The van der Waals surface area contributed by atoms with Crippen molar-refractivity contribution >= 4 is 22.4 Å². The van der Waals surface area contributed by atoms with Gasteiger partial charge in [-0.15, -0.1) is 11.3 Å². The molecule has 0 fully saturated rings. The highest BCUT2D eigenvalue weighted by Gasteiger charge is 2.18. The third-order valence-corrected chi connectivity index (χ3v) is 4.99. The maximum Gasteiger partial charge on any atom is 0.261 e. The number of aromatic nitrogens is 1. The van der Waals surface area contributed by atoms with E-state index in [2.05, 4.69) is 10.3 Å². The van der Waals surface area contributed by atoms with Gasteiger partial charge in [0.2, 0.25) is 0 Å². The second-order valence-electron chi connectivity index (χ2n) is 5.88. The summed E-state index contributed by atoms with van der Waals surface area (Å²) < 4.78 is 16.1. The van der Waals surface area contributed by atoms with Crippen molar-refractivity contribution in [1.82, 2.24) is 4.98 Å². The lowest BCUT2D eigenvalue weighted by molar-refractivity contribution is 0.102. The summed E-state index contributed by atoms with van der Waals surface area (Å²) in [4.78, 5) is 18.3. The summed E-state index contributed by atoms with van der Waals surface area (Å²) in [6.07, 6.45) is 0. The number of aryl methyl sites for hydroxylation is 1. The number of nitrogens with one attached hydrogen (secondary N) is 1. The molecule has 1 N–H and O–H groups in total. The van der Waals surface area contributed by atoms with Crippen LogP contribution in [0.1, 0.15) is 22.2 Å². The first-order valence-corrected chi connectivity index (χ1v) is 9.62. The molecule has 0 aliphatic heterocycles. The number of benzene rings is 2. The Kier molecular flexibility index (Phi) is 6.16. The van der Waals surface area contributed by atoms with E-state index >= 15 is 0 Å². The number of para-hydroxylation sites is 1. The van der Waals surface area contributed by atoms with Crippen molar-refractivity contribution < 1.29 is 19.0 Å². The molecule has 6 nitrogen and oxygen atoms in total. The van der Waals surface area contributed by atoms with Gasteiger partial charge in [0.15, 0.2) is 16.6 Å². The fraction of sp³-hybridized carbons (Fsp3) is 0.238. The smallest absolute Gasteiger partial charge is 0.261 e. The zero-order valence-corrected chi connectivity index (χ0v) is 17.1. The zero-order chi connectivity index (χ0) is 20.1. The molecule has 1 aromatic heterocycles. The van der Waals surface area contributed by atoms with Crippen LogP contribution in [0.3, 0.4) is 0 Å². The number of nitrogens with zero attached hydrogens (tertiary/aromatic N) is 1. The fourth-order valence-corrected chi connectivity index (χ4v) is 3.65. The Morgan fingerprint density at radius 3 is 2.50 bits per heavy atom. The van der Waals surface area contributed by atoms with Crippen LogP contribution in [0.15, 0.2) is 42.5 Å². The first kappa shape index (κ1) is 19.7. The standard InChI is InChI=1S/C21H22N2O4S/c1-5-27-15-11-9-14(10-12-15)18-13(2)28-21(22-18)23-20(24)16-7-6-8-17(25-3)19(16)26-4/h6-12H,5H2,1-4H3,(H,22,23,24). The maximum atomic E-state index is 12.7. The Bertz CT molecular complexity index is 967. The highest BCUT2D eigenvalue weighted by molar-refractivity contribution is 7.16. The second kappa shape index (κ2) is 8.75. The van der Waals surface area contributed by atoms with Crippen LogP contribution >= 0.6 is 11.3 Å². The topological polar surface area (TPSA) is 69.7 Å². The molecule has 7 heteroatoms. The largest absolute Gasteiger partial charge is 0.494 e. The number of anilines is 1. The van der Waals surface area contributed by atoms with E-state index in [0.29, 0.717) is 28.8 Å². The van der Waals surface area contributed by atoms with Gasteiger partial charge in [-0.1, -0.05) is 6.07 Å². The van der Waals surface area contributed by atoms with Crippen molar-refractivity contribution in [2.75, 3.05) is 26.1 Å². The number of thiazole rings is 1. The molecule has 0 saturated carbocycles. The molecule has 0 aliphatic carbocycles. The average molecular weight is 398 g/mol. The van der Waals surface area contributed by atoms with Crippen LogP contribution in [0.25, 0.3) is 11.3 Å². The summed E-state index contributed by atoms with van der Waals surface area (Å²) in [5.74, 6) is 1.41. The number of hydrogen-bond acceptors (Lipinski definition) is 6. The van der Waals surface area contributed by atoms with Crippen molar-refractivity contribution in [2.24, 2.45) is 0 Å². The Labute approximate surface area is 168 Å². The highest BCUT2D eigenvalue weighted by atomic mass is 32.1. The number of rotatable bonds is 7. The van der Waals surface area contributed by atoms with Gasteiger partial charge in [0.25, 0.3) is 5.91 Å². The van der Waals surface area contributed by atoms with E-state index in [1.807, 2.05) is 38.1 Å². The maximum absolute atomic E-state index is 12.7. The monoisotopic (exact) mass is 398 g/mol. The third kappa shape index (κ3) is 4.09. The van der Waals surface area contributed by atoms with E-state index in [9.17, 15) is 4.79 Å². The first-order valence-electron chi connectivity index (χ1n) is 8.80. The minimum atomic E-state index is -0.303. The molecule has 0 saturated heterocycles. The summed E-state index contributed by atoms with van der Waals surface area (Å²) in [7, 11) is 3.04. The molecular formula is C21H22N2O4S. The van der Waals surface area contributed by atoms with Crippen LogP contribution in [-0.4, -0.2) is 31.7 Å². The highest BCUT2D eigenvalue weighted by Crippen LogP contribution is 2.34. The van der Waals surface area contributed by atoms with Gasteiger partial charge in [-0.25, -0.2) is 4.98 Å². The Hall–Kier alpha value is -3.06. The van der Waals surface area contributed by atoms with Crippen molar-refractivity contribution in [2.45, 2.75) is 13.8 Å². The molecule has 2 aromatic carbocycles. The lowest BCUT2D eigenvalue weighted by atomic mass is 10.1. The number of hydrogen-bond donors (Lipinski definition) is 1. The summed E-state index contributed by atoms with van der Waals surface area (Å²) >= 11 is 1.42. The van der Waals surface area contributed by atoms with Crippen molar-refractivity contribution in [3.63, 3.8) is 0 Å². The lowest BCUT2D eigenvalue weighted by Crippen LogP contribution is -2.13. The van der Waals surface area contributed by atoms with Gasteiger partial charge in [0, 0.05) is 10.4 Å². The van der Waals surface area contributed by atoms with E-state index in [4.69, 9.17) is 14.2 Å². The van der Waals surface area contributed by atoms with Gasteiger partial charge in [0.05, 0.1) is 32.1 Å². The molecule has 1 heterocycles. The second-order valence-corrected chi connectivity index (χ2v) is 7.08.